The standard InChI is InChI=1S/C18H24N4O3/c1-13-5-4-6-16(11-13)24-14(2)18(23)22-9-7-21(8-10-22)12-17-19-15(3)25-20-17/h4-6,11,14H,7-10,12H2,1-3H3/t14-/m1/s1. The third-order valence-corrected chi connectivity index (χ3v) is 4.27. The Hall–Kier alpha value is -2.41. The summed E-state index contributed by atoms with van der Waals surface area (Å²) in [5, 5.41) is 3.92. The van der Waals surface area contributed by atoms with E-state index in [0.29, 0.717) is 31.3 Å². The van der Waals surface area contributed by atoms with E-state index in [-0.39, 0.29) is 5.91 Å². The summed E-state index contributed by atoms with van der Waals surface area (Å²) in [6.45, 7) is 9.17. The number of nitrogens with zero attached hydrogens (tertiary/aromatic N) is 4. The van der Waals surface area contributed by atoms with Crippen molar-refractivity contribution in [2.24, 2.45) is 0 Å². The van der Waals surface area contributed by atoms with E-state index in [1.165, 1.54) is 0 Å². The fourth-order valence-corrected chi connectivity index (χ4v) is 2.93. The van der Waals surface area contributed by atoms with Gasteiger partial charge in [-0.25, -0.2) is 0 Å². The maximum absolute atomic E-state index is 12.6. The zero-order valence-electron chi connectivity index (χ0n) is 14.9. The summed E-state index contributed by atoms with van der Waals surface area (Å²) >= 11 is 0. The molecule has 0 unspecified atom stereocenters. The molecule has 7 nitrogen and oxygen atoms in total. The molecular formula is C18H24N4O3. The Kier molecular flexibility index (Phi) is 5.33. The van der Waals surface area contributed by atoms with Gasteiger partial charge in [0, 0.05) is 33.1 Å². The van der Waals surface area contributed by atoms with Crippen LogP contribution in [0.15, 0.2) is 28.8 Å². The lowest BCUT2D eigenvalue weighted by Crippen LogP contribution is -2.51. The minimum atomic E-state index is -0.492. The van der Waals surface area contributed by atoms with Crippen LogP contribution in [0, 0.1) is 13.8 Å². The number of amides is 1. The molecule has 0 saturated carbocycles. The Balaban J connectivity index is 1.49. The van der Waals surface area contributed by atoms with Gasteiger partial charge in [0.25, 0.3) is 5.91 Å². The largest absolute Gasteiger partial charge is 0.481 e. The summed E-state index contributed by atoms with van der Waals surface area (Å²) < 4.78 is 10.8. The number of hydrogen-bond donors (Lipinski definition) is 0. The number of aromatic nitrogens is 2. The minimum Gasteiger partial charge on any atom is -0.481 e. The summed E-state index contributed by atoms with van der Waals surface area (Å²) in [4.78, 5) is 20.9. The molecule has 0 aliphatic carbocycles. The number of rotatable bonds is 5. The molecule has 1 saturated heterocycles. The number of hydrogen-bond acceptors (Lipinski definition) is 6. The van der Waals surface area contributed by atoms with Crippen LogP contribution in [-0.4, -0.2) is 58.1 Å². The van der Waals surface area contributed by atoms with Crippen LogP contribution in [0.4, 0.5) is 0 Å². The maximum atomic E-state index is 12.6. The van der Waals surface area contributed by atoms with Crippen LogP contribution >= 0.6 is 0 Å². The molecule has 134 valence electrons. The zero-order chi connectivity index (χ0) is 17.8. The van der Waals surface area contributed by atoms with E-state index >= 15 is 0 Å². The van der Waals surface area contributed by atoms with E-state index < -0.39 is 6.10 Å². The first-order valence-electron chi connectivity index (χ1n) is 8.55. The van der Waals surface area contributed by atoms with Gasteiger partial charge in [0.2, 0.25) is 5.89 Å². The van der Waals surface area contributed by atoms with Crippen LogP contribution in [0.3, 0.4) is 0 Å². The topological polar surface area (TPSA) is 71.7 Å². The van der Waals surface area contributed by atoms with Crippen molar-refractivity contribution in [2.45, 2.75) is 33.4 Å². The third-order valence-electron chi connectivity index (χ3n) is 4.27. The molecule has 1 fully saturated rings. The molecule has 2 aromatic rings. The highest BCUT2D eigenvalue weighted by atomic mass is 16.5. The van der Waals surface area contributed by atoms with Crippen molar-refractivity contribution >= 4 is 5.91 Å². The highest BCUT2D eigenvalue weighted by molar-refractivity contribution is 5.81. The van der Waals surface area contributed by atoms with Crippen molar-refractivity contribution in [3.05, 3.63) is 41.5 Å². The lowest BCUT2D eigenvalue weighted by molar-refractivity contribution is -0.139. The Bertz CT molecular complexity index is 723. The van der Waals surface area contributed by atoms with Crippen LogP contribution < -0.4 is 4.74 Å². The summed E-state index contributed by atoms with van der Waals surface area (Å²) in [6.07, 6.45) is -0.492. The lowest BCUT2D eigenvalue weighted by Gasteiger charge is -2.35. The number of carbonyl (C=O) groups is 1. The normalized spacial score (nSPS) is 16.7. The van der Waals surface area contributed by atoms with Gasteiger partial charge in [-0.05, 0) is 31.5 Å². The zero-order valence-corrected chi connectivity index (χ0v) is 14.9. The van der Waals surface area contributed by atoms with Gasteiger partial charge in [-0.2, -0.15) is 4.98 Å². The highest BCUT2D eigenvalue weighted by Gasteiger charge is 2.26. The highest BCUT2D eigenvalue weighted by Crippen LogP contribution is 2.16. The van der Waals surface area contributed by atoms with Crippen LogP contribution in [0.25, 0.3) is 0 Å². The van der Waals surface area contributed by atoms with Gasteiger partial charge in [-0.1, -0.05) is 17.3 Å². The number of carbonyl (C=O) groups excluding carboxylic acids is 1. The molecular weight excluding hydrogens is 320 g/mol. The molecule has 1 aromatic heterocycles. The first-order valence-corrected chi connectivity index (χ1v) is 8.55. The van der Waals surface area contributed by atoms with Crippen molar-refractivity contribution in [3.63, 3.8) is 0 Å². The molecule has 25 heavy (non-hydrogen) atoms. The molecule has 7 heteroatoms. The van der Waals surface area contributed by atoms with Crippen molar-refractivity contribution in [2.75, 3.05) is 26.2 Å². The number of aryl methyl sites for hydroxylation is 2. The summed E-state index contributed by atoms with van der Waals surface area (Å²) in [5.41, 5.74) is 1.11. The molecule has 1 aliphatic heterocycles. The van der Waals surface area contributed by atoms with Crippen LogP contribution in [0.5, 0.6) is 5.75 Å². The molecule has 3 rings (SSSR count). The predicted octanol–water partition coefficient (Wildman–Crippen LogP) is 1.80. The van der Waals surface area contributed by atoms with Gasteiger partial charge in [0.15, 0.2) is 11.9 Å². The molecule has 1 amide bonds. The average Bonchev–Trinajstić information content (AvgIpc) is 3.00. The molecule has 2 heterocycles. The van der Waals surface area contributed by atoms with E-state index in [2.05, 4.69) is 15.0 Å². The second kappa shape index (κ2) is 7.65. The van der Waals surface area contributed by atoms with Gasteiger partial charge >= 0.3 is 0 Å². The van der Waals surface area contributed by atoms with E-state index in [0.717, 1.165) is 24.4 Å². The first-order chi connectivity index (χ1) is 12.0. The quantitative estimate of drug-likeness (QED) is 0.824. The van der Waals surface area contributed by atoms with Crippen molar-refractivity contribution in [1.29, 1.82) is 0 Å². The predicted molar refractivity (Wildman–Crippen MR) is 92.2 cm³/mol. The van der Waals surface area contributed by atoms with E-state index in [1.807, 2.05) is 36.1 Å². The molecule has 0 bridgehead atoms. The fraction of sp³-hybridized carbons (Fsp3) is 0.500. The van der Waals surface area contributed by atoms with Gasteiger partial charge < -0.3 is 14.2 Å². The van der Waals surface area contributed by atoms with E-state index in [4.69, 9.17) is 9.26 Å². The Morgan fingerprint density at radius 2 is 2.04 bits per heavy atom. The first kappa shape index (κ1) is 17.4. The number of benzene rings is 1. The molecule has 1 atom stereocenters. The number of piperazine rings is 1. The fourth-order valence-electron chi connectivity index (χ4n) is 2.93. The van der Waals surface area contributed by atoms with Crippen LogP contribution in [-0.2, 0) is 11.3 Å². The molecule has 0 radical (unpaired) electrons. The van der Waals surface area contributed by atoms with Crippen LogP contribution in [0.1, 0.15) is 24.2 Å². The SMILES string of the molecule is Cc1cccc(O[C@H](C)C(=O)N2CCN(Cc3noc(C)n3)CC2)c1. The van der Waals surface area contributed by atoms with Gasteiger partial charge in [0.1, 0.15) is 5.75 Å². The smallest absolute Gasteiger partial charge is 0.263 e. The Labute approximate surface area is 147 Å². The summed E-state index contributed by atoms with van der Waals surface area (Å²) in [7, 11) is 0. The monoisotopic (exact) mass is 344 g/mol. The van der Waals surface area contributed by atoms with Gasteiger partial charge in [0.05, 0.1) is 6.54 Å². The van der Waals surface area contributed by atoms with Crippen LogP contribution in [0.2, 0.25) is 0 Å². The third kappa shape index (κ3) is 4.57. The number of ether oxygens (including phenoxy) is 1. The molecule has 1 aromatic carbocycles. The Morgan fingerprint density at radius 3 is 2.68 bits per heavy atom. The van der Waals surface area contributed by atoms with E-state index in [9.17, 15) is 4.79 Å². The maximum Gasteiger partial charge on any atom is 0.263 e. The molecule has 0 N–H and O–H groups in total. The van der Waals surface area contributed by atoms with Gasteiger partial charge in [-0.3, -0.25) is 9.69 Å². The van der Waals surface area contributed by atoms with Crippen molar-refractivity contribution in [3.8, 4) is 5.75 Å². The van der Waals surface area contributed by atoms with Crippen molar-refractivity contribution in [1.82, 2.24) is 19.9 Å². The average molecular weight is 344 g/mol. The lowest BCUT2D eigenvalue weighted by atomic mass is 10.2. The summed E-state index contributed by atoms with van der Waals surface area (Å²) in [5.74, 6) is 2.02. The molecule has 0 spiro atoms. The molecule has 1 aliphatic rings. The van der Waals surface area contributed by atoms with Gasteiger partial charge in [-0.15, -0.1) is 0 Å². The Morgan fingerprint density at radius 1 is 1.28 bits per heavy atom. The second-order valence-electron chi connectivity index (χ2n) is 6.41. The second-order valence-corrected chi connectivity index (χ2v) is 6.41. The minimum absolute atomic E-state index is 0.0246. The van der Waals surface area contributed by atoms with Crippen molar-refractivity contribution < 1.29 is 14.1 Å². The summed E-state index contributed by atoms with van der Waals surface area (Å²) in [6, 6.07) is 7.75. The van der Waals surface area contributed by atoms with E-state index in [1.54, 1.807) is 13.8 Å².